The van der Waals surface area contributed by atoms with Crippen LogP contribution in [-0.4, -0.2) is 12.3 Å². The molecular weight excluding hydrogens is 206 g/mol. The summed E-state index contributed by atoms with van der Waals surface area (Å²) in [6.07, 6.45) is 2.08. The van der Waals surface area contributed by atoms with Gasteiger partial charge in [-0.3, -0.25) is 0 Å². The zero-order valence-corrected chi connectivity index (χ0v) is 10.9. The van der Waals surface area contributed by atoms with Crippen LogP contribution in [0.2, 0.25) is 0 Å². The third kappa shape index (κ3) is 4.31. The van der Waals surface area contributed by atoms with Gasteiger partial charge < -0.3 is 9.73 Å². The Bertz CT molecular complexity index is 283. The molecule has 1 N–H and O–H groups in total. The van der Waals surface area contributed by atoms with Crippen LogP contribution < -0.4 is 5.32 Å². The lowest BCUT2D eigenvalue weighted by atomic mass is 10.1. The maximum absolute atomic E-state index is 5.67. The van der Waals surface area contributed by atoms with Crippen molar-refractivity contribution in [1.82, 2.24) is 5.32 Å². The van der Waals surface area contributed by atoms with Crippen molar-refractivity contribution in [3.63, 3.8) is 0 Å². The summed E-state index contributed by atoms with van der Waals surface area (Å²) in [6.45, 7) is 7.47. The highest BCUT2D eigenvalue weighted by molar-refractivity contribution is 7.97. The van der Waals surface area contributed by atoms with Crippen LogP contribution in [0.3, 0.4) is 0 Å². The van der Waals surface area contributed by atoms with Crippen LogP contribution in [0.5, 0.6) is 0 Å². The largest absolute Gasteiger partial charge is 0.464 e. The molecule has 0 radical (unpaired) electrons. The molecule has 1 aromatic heterocycles. The first kappa shape index (κ1) is 12.7. The zero-order valence-electron chi connectivity index (χ0n) is 10.0. The SMILES string of the molecule is CSCc1ccc(CNC(C)C(C)C)o1. The molecule has 0 spiro atoms. The summed E-state index contributed by atoms with van der Waals surface area (Å²) >= 11 is 1.78. The molecule has 1 rings (SSSR count). The lowest BCUT2D eigenvalue weighted by Crippen LogP contribution is -2.29. The fourth-order valence-corrected chi connectivity index (χ4v) is 1.67. The van der Waals surface area contributed by atoms with Crippen molar-refractivity contribution in [3.8, 4) is 0 Å². The second-order valence-corrected chi connectivity index (χ2v) is 5.08. The first-order chi connectivity index (χ1) is 7.13. The van der Waals surface area contributed by atoms with Crippen molar-refractivity contribution in [3.05, 3.63) is 23.7 Å². The van der Waals surface area contributed by atoms with Crippen LogP contribution in [0.4, 0.5) is 0 Å². The van der Waals surface area contributed by atoms with Crippen LogP contribution >= 0.6 is 11.8 Å². The van der Waals surface area contributed by atoms with Crippen LogP contribution in [0.1, 0.15) is 32.3 Å². The average molecular weight is 227 g/mol. The molecule has 0 saturated heterocycles. The Hall–Kier alpha value is -0.410. The minimum absolute atomic E-state index is 0.527. The molecule has 0 aliphatic heterocycles. The molecule has 0 fully saturated rings. The maximum Gasteiger partial charge on any atom is 0.118 e. The van der Waals surface area contributed by atoms with Crippen molar-refractivity contribution in [2.75, 3.05) is 6.26 Å². The molecule has 0 amide bonds. The molecule has 1 unspecified atom stereocenters. The lowest BCUT2D eigenvalue weighted by molar-refractivity contribution is 0.390. The van der Waals surface area contributed by atoms with E-state index in [1.807, 2.05) is 0 Å². The number of hydrogen-bond donors (Lipinski definition) is 1. The van der Waals surface area contributed by atoms with Gasteiger partial charge in [-0.15, -0.1) is 0 Å². The van der Waals surface area contributed by atoms with Crippen molar-refractivity contribution < 1.29 is 4.42 Å². The summed E-state index contributed by atoms with van der Waals surface area (Å²) in [5.41, 5.74) is 0. The van der Waals surface area contributed by atoms with E-state index >= 15 is 0 Å². The lowest BCUT2D eigenvalue weighted by Gasteiger charge is -2.16. The fraction of sp³-hybridized carbons (Fsp3) is 0.667. The van der Waals surface area contributed by atoms with E-state index in [0.29, 0.717) is 12.0 Å². The molecule has 1 heterocycles. The standard InChI is InChI=1S/C12H21NOS/c1-9(2)10(3)13-7-11-5-6-12(14-11)8-15-4/h5-6,9-10,13H,7-8H2,1-4H3. The highest BCUT2D eigenvalue weighted by Crippen LogP contribution is 2.13. The maximum atomic E-state index is 5.67. The molecule has 0 bridgehead atoms. The molecule has 0 aromatic carbocycles. The van der Waals surface area contributed by atoms with Gasteiger partial charge >= 0.3 is 0 Å². The van der Waals surface area contributed by atoms with Gasteiger partial charge in [0.05, 0.1) is 12.3 Å². The van der Waals surface area contributed by atoms with E-state index in [1.165, 1.54) is 0 Å². The van der Waals surface area contributed by atoms with Crippen LogP contribution in [0.25, 0.3) is 0 Å². The first-order valence-electron chi connectivity index (χ1n) is 5.43. The highest BCUT2D eigenvalue weighted by Gasteiger charge is 2.07. The average Bonchev–Trinajstić information content (AvgIpc) is 2.62. The monoisotopic (exact) mass is 227 g/mol. The summed E-state index contributed by atoms with van der Waals surface area (Å²) in [5, 5.41) is 3.45. The van der Waals surface area contributed by atoms with Gasteiger partial charge in [0, 0.05) is 6.04 Å². The molecule has 3 heteroatoms. The summed E-state index contributed by atoms with van der Waals surface area (Å²) in [4.78, 5) is 0. The summed E-state index contributed by atoms with van der Waals surface area (Å²) < 4.78 is 5.67. The number of hydrogen-bond acceptors (Lipinski definition) is 3. The van der Waals surface area contributed by atoms with Gasteiger partial charge in [0.2, 0.25) is 0 Å². The number of nitrogens with one attached hydrogen (secondary N) is 1. The van der Waals surface area contributed by atoms with E-state index in [9.17, 15) is 0 Å². The topological polar surface area (TPSA) is 25.2 Å². The Morgan fingerprint density at radius 1 is 1.27 bits per heavy atom. The second kappa shape index (κ2) is 6.23. The van der Waals surface area contributed by atoms with Crippen molar-refractivity contribution in [1.29, 1.82) is 0 Å². The van der Waals surface area contributed by atoms with E-state index in [-0.39, 0.29) is 0 Å². The molecular formula is C12H21NOS. The molecule has 1 aromatic rings. The van der Waals surface area contributed by atoms with Gasteiger partial charge in [-0.25, -0.2) is 0 Å². The predicted molar refractivity (Wildman–Crippen MR) is 67.1 cm³/mol. The molecule has 0 aliphatic rings. The van der Waals surface area contributed by atoms with Crippen LogP contribution in [0, 0.1) is 5.92 Å². The van der Waals surface area contributed by atoms with Crippen molar-refractivity contribution in [2.45, 2.75) is 39.1 Å². The first-order valence-corrected chi connectivity index (χ1v) is 6.82. The van der Waals surface area contributed by atoms with Crippen molar-refractivity contribution >= 4 is 11.8 Å². The number of thioether (sulfide) groups is 1. The summed E-state index contributed by atoms with van der Waals surface area (Å²) in [6, 6.07) is 4.65. The van der Waals surface area contributed by atoms with Gasteiger partial charge in [-0.05, 0) is 31.2 Å². The Kier molecular flexibility index (Phi) is 5.26. The minimum atomic E-state index is 0.527. The van der Waals surface area contributed by atoms with Gasteiger partial charge in [0.1, 0.15) is 11.5 Å². The van der Waals surface area contributed by atoms with Crippen LogP contribution in [-0.2, 0) is 12.3 Å². The van der Waals surface area contributed by atoms with E-state index in [2.05, 4.69) is 44.5 Å². The summed E-state index contributed by atoms with van der Waals surface area (Å²) in [7, 11) is 0. The molecule has 0 saturated carbocycles. The normalized spacial score (nSPS) is 13.4. The third-order valence-corrected chi connectivity index (χ3v) is 3.18. The molecule has 0 aliphatic carbocycles. The molecule has 2 nitrogen and oxygen atoms in total. The van der Waals surface area contributed by atoms with Gasteiger partial charge in [0.15, 0.2) is 0 Å². The molecule has 15 heavy (non-hydrogen) atoms. The van der Waals surface area contributed by atoms with Gasteiger partial charge in [0.25, 0.3) is 0 Å². The third-order valence-electron chi connectivity index (χ3n) is 2.60. The van der Waals surface area contributed by atoms with Gasteiger partial charge in [-0.1, -0.05) is 13.8 Å². The quantitative estimate of drug-likeness (QED) is 0.807. The predicted octanol–water partition coefficient (Wildman–Crippen LogP) is 3.28. The molecule has 1 atom stereocenters. The minimum Gasteiger partial charge on any atom is -0.464 e. The van der Waals surface area contributed by atoms with Crippen LogP contribution in [0.15, 0.2) is 16.5 Å². The number of furan rings is 1. The van der Waals surface area contributed by atoms with Gasteiger partial charge in [-0.2, -0.15) is 11.8 Å². The van der Waals surface area contributed by atoms with Crippen molar-refractivity contribution in [2.24, 2.45) is 5.92 Å². The Morgan fingerprint density at radius 3 is 2.53 bits per heavy atom. The van der Waals surface area contributed by atoms with E-state index in [1.54, 1.807) is 11.8 Å². The second-order valence-electron chi connectivity index (χ2n) is 4.21. The Balaban J connectivity index is 2.37. The molecule has 86 valence electrons. The van der Waals surface area contributed by atoms with E-state index in [0.717, 1.165) is 23.8 Å². The van der Waals surface area contributed by atoms with E-state index in [4.69, 9.17) is 4.42 Å². The smallest absolute Gasteiger partial charge is 0.118 e. The summed E-state index contributed by atoms with van der Waals surface area (Å²) in [5.74, 6) is 3.72. The zero-order chi connectivity index (χ0) is 11.3. The fourth-order valence-electron chi connectivity index (χ4n) is 1.23. The Labute approximate surface area is 96.8 Å². The van der Waals surface area contributed by atoms with E-state index < -0.39 is 0 Å². The highest BCUT2D eigenvalue weighted by atomic mass is 32.2. The Morgan fingerprint density at radius 2 is 1.93 bits per heavy atom. The number of rotatable bonds is 6.